The molecule has 0 unspecified atom stereocenters. The van der Waals surface area contributed by atoms with Gasteiger partial charge >= 0.3 is 5.97 Å². The van der Waals surface area contributed by atoms with Crippen molar-refractivity contribution in [2.24, 2.45) is 0 Å². The lowest BCUT2D eigenvalue weighted by atomic mass is 10.1. The second-order valence-corrected chi connectivity index (χ2v) is 8.13. The van der Waals surface area contributed by atoms with Crippen molar-refractivity contribution in [2.75, 3.05) is 6.61 Å². The fraction of sp³-hybridized carbons (Fsp3) is 0.174. The molecule has 0 heterocycles. The minimum Gasteiger partial charge on any atom is -0.466 e. The molecule has 0 atom stereocenters. The zero-order valence-corrected chi connectivity index (χ0v) is 15.9. The number of rotatable bonds is 7. The van der Waals surface area contributed by atoms with Gasteiger partial charge in [-0.15, -0.1) is 0 Å². The lowest BCUT2D eigenvalue weighted by molar-refractivity contribution is -0.143. The molecule has 0 bridgehead atoms. The van der Waals surface area contributed by atoms with E-state index in [9.17, 15) is 4.79 Å². The Balaban J connectivity index is 1.98. The highest BCUT2D eigenvalue weighted by molar-refractivity contribution is 7.79. The summed E-state index contributed by atoms with van der Waals surface area (Å²) in [7, 11) is -0.658. The number of aryl methyl sites for hydroxylation is 1. The van der Waals surface area contributed by atoms with E-state index >= 15 is 0 Å². The van der Waals surface area contributed by atoms with Crippen LogP contribution in [0, 0.1) is 0 Å². The lowest BCUT2D eigenvalue weighted by Gasteiger charge is -2.22. The topological polar surface area (TPSA) is 26.3 Å². The zero-order chi connectivity index (χ0) is 18.2. The Kier molecular flexibility index (Phi) is 6.57. The summed E-state index contributed by atoms with van der Waals surface area (Å²) >= 11 is 0. The van der Waals surface area contributed by atoms with Gasteiger partial charge in [0, 0.05) is 6.42 Å². The van der Waals surface area contributed by atoms with Gasteiger partial charge < -0.3 is 4.74 Å². The van der Waals surface area contributed by atoms with Crippen LogP contribution in [0.1, 0.15) is 18.9 Å². The van der Waals surface area contributed by atoms with Crippen LogP contribution in [-0.2, 0) is 16.0 Å². The number of carbonyl (C=O) groups excluding carboxylic acids is 1. The van der Waals surface area contributed by atoms with Gasteiger partial charge in [-0.3, -0.25) is 4.79 Å². The summed E-state index contributed by atoms with van der Waals surface area (Å²) in [5, 5.41) is 3.94. The van der Waals surface area contributed by atoms with Crippen molar-refractivity contribution >= 4 is 29.8 Å². The molecule has 0 aromatic heterocycles. The maximum absolute atomic E-state index is 11.8. The van der Waals surface area contributed by atoms with E-state index in [1.165, 1.54) is 21.5 Å². The van der Waals surface area contributed by atoms with Crippen molar-refractivity contribution in [3.05, 3.63) is 90.5 Å². The minimum absolute atomic E-state index is 0.133. The first-order valence-corrected chi connectivity index (χ1v) is 10.3. The van der Waals surface area contributed by atoms with Crippen molar-refractivity contribution in [2.45, 2.75) is 19.8 Å². The molecule has 26 heavy (non-hydrogen) atoms. The fourth-order valence-corrected chi connectivity index (χ4v) is 5.50. The molecule has 0 amide bonds. The maximum atomic E-state index is 11.8. The van der Waals surface area contributed by atoms with Gasteiger partial charge in [-0.1, -0.05) is 84.9 Å². The third-order valence-electron chi connectivity index (χ3n) is 4.17. The van der Waals surface area contributed by atoms with E-state index in [0.29, 0.717) is 19.4 Å². The Morgan fingerprint density at radius 3 is 1.92 bits per heavy atom. The largest absolute Gasteiger partial charge is 0.466 e. The van der Waals surface area contributed by atoms with Crippen molar-refractivity contribution < 1.29 is 9.53 Å². The van der Waals surface area contributed by atoms with Crippen LogP contribution < -0.4 is 15.9 Å². The predicted molar refractivity (Wildman–Crippen MR) is 110 cm³/mol. The standard InChI is InChI=1S/C23H23O2P/c1-2-25-23(24)18-17-19-11-9-10-16-22(19)26(20-12-5-3-6-13-20)21-14-7-4-8-15-21/h3-16H,2,17-18H2,1H3. The Labute approximate surface area is 156 Å². The monoisotopic (exact) mass is 362 g/mol. The van der Waals surface area contributed by atoms with Crippen LogP contribution >= 0.6 is 7.92 Å². The van der Waals surface area contributed by atoms with Gasteiger partial charge in [-0.05, 0) is 42.7 Å². The van der Waals surface area contributed by atoms with E-state index in [0.717, 1.165) is 0 Å². The van der Waals surface area contributed by atoms with E-state index in [2.05, 4.69) is 78.9 Å². The number of hydrogen-bond donors (Lipinski definition) is 0. The summed E-state index contributed by atoms with van der Waals surface area (Å²) in [6.45, 7) is 2.27. The molecule has 2 nitrogen and oxygen atoms in total. The van der Waals surface area contributed by atoms with Crippen LogP contribution in [0.4, 0.5) is 0 Å². The van der Waals surface area contributed by atoms with Crippen molar-refractivity contribution in [3.63, 3.8) is 0 Å². The van der Waals surface area contributed by atoms with E-state index < -0.39 is 7.92 Å². The third-order valence-corrected chi connectivity index (χ3v) is 6.71. The van der Waals surface area contributed by atoms with Gasteiger partial charge in [-0.2, -0.15) is 0 Å². The Morgan fingerprint density at radius 2 is 1.35 bits per heavy atom. The Bertz CT molecular complexity index is 792. The van der Waals surface area contributed by atoms with Crippen LogP contribution in [-0.4, -0.2) is 12.6 Å². The summed E-state index contributed by atoms with van der Waals surface area (Å²) < 4.78 is 5.10. The predicted octanol–water partition coefficient (Wildman–Crippen LogP) is 3.94. The van der Waals surface area contributed by atoms with Gasteiger partial charge in [0.25, 0.3) is 0 Å². The first-order valence-electron chi connectivity index (χ1n) is 8.93. The summed E-state index contributed by atoms with van der Waals surface area (Å²) in [5.41, 5.74) is 1.22. The number of esters is 1. The fourth-order valence-electron chi connectivity index (χ4n) is 2.99. The average molecular weight is 362 g/mol. The maximum Gasteiger partial charge on any atom is 0.306 e. The van der Waals surface area contributed by atoms with Gasteiger partial charge in [0.05, 0.1) is 6.61 Å². The molecule has 0 fully saturated rings. The van der Waals surface area contributed by atoms with Gasteiger partial charge in [-0.25, -0.2) is 0 Å². The number of ether oxygens (including phenoxy) is 1. The molecule has 3 heteroatoms. The molecular weight excluding hydrogens is 339 g/mol. The minimum atomic E-state index is -0.658. The number of carbonyl (C=O) groups is 1. The molecule has 0 spiro atoms. The molecule has 0 saturated heterocycles. The smallest absolute Gasteiger partial charge is 0.306 e. The highest BCUT2D eigenvalue weighted by Gasteiger charge is 2.19. The highest BCUT2D eigenvalue weighted by atomic mass is 31.1. The second-order valence-electron chi connectivity index (χ2n) is 5.94. The molecule has 3 rings (SSSR count). The third kappa shape index (κ3) is 4.59. The van der Waals surface area contributed by atoms with Crippen molar-refractivity contribution in [1.82, 2.24) is 0 Å². The normalized spacial score (nSPS) is 10.7. The summed E-state index contributed by atoms with van der Waals surface area (Å²) in [6.07, 6.45) is 1.12. The molecule has 0 aliphatic rings. The van der Waals surface area contributed by atoms with E-state index in [-0.39, 0.29) is 5.97 Å². The molecule has 0 N–H and O–H groups in total. The number of hydrogen-bond acceptors (Lipinski definition) is 2. The van der Waals surface area contributed by atoms with Gasteiger partial charge in [0.15, 0.2) is 0 Å². The highest BCUT2D eigenvalue weighted by Crippen LogP contribution is 2.34. The molecule has 0 radical (unpaired) electrons. The first kappa shape index (κ1) is 18.4. The second kappa shape index (κ2) is 9.31. The molecule has 132 valence electrons. The molecule has 0 saturated carbocycles. The van der Waals surface area contributed by atoms with Crippen LogP contribution in [0.3, 0.4) is 0 Å². The quantitative estimate of drug-likeness (QED) is 0.470. The van der Waals surface area contributed by atoms with Crippen LogP contribution in [0.15, 0.2) is 84.9 Å². The van der Waals surface area contributed by atoms with E-state index in [1.807, 2.05) is 13.0 Å². The van der Waals surface area contributed by atoms with E-state index in [4.69, 9.17) is 4.74 Å². The summed E-state index contributed by atoms with van der Waals surface area (Å²) in [5.74, 6) is -0.133. The lowest BCUT2D eigenvalue weighted by Crippen LogP contribution is -2.23. The molecule has 0 aliphatic heterocycles. The summed E-state index contributed by atoms with van der Waals surface area (Å²) in [6, 6.07) is 29.7. The Hall–Kier alpha value is -2.44. The van der Waals surface area contributed by atoms with Gasteiger partial charge in [0.1, 0.15) is 0 Å². The Morgan fingerprint density at radius 1 is 0.808 bits per heavy atom. The first-order chi connectivity index (χ1) is 12.8. The van der Waals surface area contributed by atoms with Crippen LogP contribution in [0.25, 0.3) is 0 Å². The molecule has 3 aromatic rings. The van der Waals surface area contributed by atoms with Gasteiger partial charge in [0.2, 0.25) is 0 Å². The van der Waals surface area contributed by atoms with Crippen LogP contribution in [0.5, 0.6) is 0 Å². The molecular formula is C23H23O2P. The SMILES string of the molecule is CCOC(=O)CCc1ccccc1P(c1ccccc1)c1ccccc1. The van der Waals surface area contributed by atoms with Crippen molar-refractivity contribution in [1.29, 1.82) is 0 Å². The van der Waals surface area contributed by atoms with Crippen LogP contribution in [0.2, 0.25) is 0 Å². The number of benzene rings is 3. The summed E-state index contributed by atoms with van der Waals surface area (Å²) in [4.78, 5) is 11.8. The molecule has 3 aromatic carbocycles. The molecule has 0 aliphatic carbocycles. The van der Waals surface area contributed by atoms with E-state index in [1.54, 1.807) is 0 Å². The van der Waals surface area contributed by atoms with Crippen molar-refractivity contribution in [3.8, 4) is 0 Å². The average Bonchev–Trinajstić information content (AvgIpc) is 2.69. The zero-order valence-electron chi connectivity index (χ0n) is 15.0.